The van der Waals surface area contributed by atoms with Gasteiger partial charge in [-0.25, -0.2) is 0 Å². The third kappa shape index (κ3) is 3.37. The summed E-state index contributed by atoms with van der Waals surface area (Å²) in [6.45, 7) is 4.58. The number of hydrogen-bond acceptors (Lipinski definition) is 6. The van der Waals surface area contributed by atoms with Crippen LogP contribution in [0.15, 0.2) is 72.4 Å². The molecule has 3 atom stereocenters. The number of piperazine rings is 1. The average Bonchev–Trinajstić information content (AvgIpc) is 3.39. The van der Waals surface area contributed by atoms with Crippen molar-refractivity contribution in [1.29, 1.82) is 0 Å². The Hall–Kier alpha value is -2.87. The molecule has 2 aliphatic heterocycles. The molecule has 2 aliphatic rings. The molecule has 2 fully saturated rings. The van der Waals surface area contributed by atoms with Gasteiger partial charge in [-0.15, -0.1) is 11.3 Å². The number of benzene rings is 2. The molecule has 164 valence electrons. The molecule has 3 aromatic rings. The van der Waals surface area contributed by atoms with Crippen molar-refractivity contribution in [2.24, 2.45) is 0 Å². The first-order valence-electron chi connectivity index (χ1n) is 11.0. The van der Waals surface area contributed by atoms with Gasteiger partial charge in [0.25, 0.3) is 5.91 Å². The molecule has 1 aromatic heterocycles. The lowest BCUT2D eigenvalue weighted by atomic mass is 9.67. The van der Waals surface area contributed by atoms with E-state index in [-0.39, 0.29) is 23.8 Å². The number of aromatic nitrogens is 1. The molecule has 1 amide bonds. The fourth-order valence-corrected chi connectivity index (χ4v) is 5.78. The van der Waals surface area contributed by atoms with Gasteiger partial charge in [-0.3, -0.25) is 19.5 Å². The monoisotopic (exact) mass is 446 g/mol. The van der Waals surface area contributed by atoms with Gasteiger partial charge in [-0.1, -0.05) is 48.5 Å². The summed E-state index contributed by atoms with van der Waals surface area (Å²) >= 11 is 1.39. The van der Waals surface area contributed by atoms with E-state index in [2.05, 4.69) is 34.3 Å². The first kappa shape index (κ1) is 21.0. The summed E-state index contributed by atoms with van der Waals surface area (Å²) in [5, 5.41) is 3.59. The maximum Gasteiger partial charge on any atom is 0.253 e. The van der Waals surface area contributed by atoms with Crippen molar-refractivity contribution < 1.29 is 9.59 Å². The molecule has 1 N–H and O–H groups in total. The van der Waals surface area contributed by atoms with E-state index in [4.69, 9.17) is 0 Å². The fourth-order valence-electron chi connectivity index (χ4n) is 5.15. The molecule has 3 heterocycles. The highest BCUT2D eigenvalue weighted by molar-refractivity contribution is 7.11. The van der Waals surface area contributed by atoms with Crippen LogP contribution in [0.4, 0.5) is 0 Å². The highest BCUT2D eigenvalue weighted by atomic mass is 32.1. The maximum atomic E-state index is 13.9. The number of ketones is 1. The SMILES string of the molecule is CC1NC(c2ccccc2)C1(C(=O)c1cncs1)N1CCN(C(=O)c2ccccc2)CC1. The Bertz CT molecular complexity index is 1080. The minimum Gasteiger partial charge on any atom is -0.336 e. The number of amides is 1. The Morgan fingerprint density at radius 3 is 2.25 bits per heavy atom. The van der Waals surface area contributed by atoms with Crippen LogP contribution >= 0.6 is 11.3 Å². The minimum absolute atomic E-state index is 0.0151. The van der Waals surface area contributed by atoms with Crippen LogP contribution < -0.4 is 5.32 Å². The molecule has 6 nitrogen and oxygen atoms in total. The number of carbonyl (C=O) groups is 2. The van der Waals surface area contributed by atoms with Crippen molar-refractivity contribution in [3.8, 4) is 0 Å². The van der Waals surface area contributed by atoms with Crippen LogP contribution in [0.5, 0.6) is 0 Å². The Morgan fingerprint density at radius 2 is 1.66 bits per heavy atom. The van der Waals surface area contributed by atoms with Crippen molar-refractivity contribution in [3.63, 3.8) is 0 Å². The summed E-state index contributed by atoms with van der Waals surface area (Å²) in [4.78, 5) is 35.9. The molecule has 7 heteroatoms. The van der Waals surface area contributed by atoms with E-state index in [1.165, 1.54) is 11.3 Å². The molecule has 0 spiro atoms. The van der Waals surface area contributed by atoms with E-state index in [0.29, 0.717) is 36.6 Å². The van der Waals surface area contributed by atoms with Crippen LogP contribution in [0, 0.1) is 0 Å². The van der Waals surface area contributed by atoms with Gasteiger partial charge in [0.2, 0.25) is 0 Å². The smallest absolute Gasteiger partial charge is 0.253 e. The second-order valence-electron chi connectivity index (χ2n) is 8.40. The number of thiazole rings is 1. The van der Waals surface area contributed by atoms with Crippen molar-refractivity contribution in [3.05, 3.63) is 88.4 Å². The zero-order valence-corrected chi connectivity index (χ0v) is 18.8. The lowest BCUT2D eigenvalue weighted by Crippen LogP contribution is -2.80. The quantitative estimate of drug-likeness (QED) is 0.610. The van der Waals surface area contributed by atoms with Crippen LogP contribution in [0.1, 0.15) is 38.6 Å². The number of carbonyl (C=O) groups excluding carboxylic acids is 2. The van der Waals surface area contributed by atoms with Crippen LogP contribution in [-0.4, -0.2) is 64.2 Å². The normalized spacial score (nSPS) is 25.8. The van der Waals surface area contributed by atoms with Crippen molar-refractivity contribution in [2.45, 2.75) is 24.5 Å². The molecule has 0 bridgehead atoms. The highest BCUT2D eigenvalue weighted by Gasteiger charge is 2.62. The molecular formula is C25H26N4O2S. The van der Waals surface area contributed by atoms with Gasteiger partial charge in [0.05, 0.1) is 16.4 Å². The fraction of sp³-hybridized carbons (Fsp3) is 0.320. The molecular weight excluding hydrogens is 420 g/mol. The summed E-state index contributed by atoms with van der Waals surface area (Å²) in [6.07, 6.45) is 1.68. The van der Waals surface area contributed by atoms with Crippen LogP contribution in [0.25, 0.3) is 0 Å². The molecule has 2 aromatic carbocycles. The van der Waals surface area contributed by atoms with Crippen LogP contribution in [0.2, 0.25) is 0 Å². The van der Waals surface area contributed by atoms with E-state index in [1.54, 1.807) is 11.7 Å². The summed E-state index contributed by atoms with van der Waals surface area (Å²) < 4.78 is 0. The Kier molecular flexibility index (Phi) is 5.63. The molecule has 0 aliphatic carbocycles. The van der Waals surface area contributed by atoms with Gasteiger partial charge in [-0.05, 0) is 24.6 Å². The number of Topliss-reactive ketones (excluding diaryl/α,β-unsaturated/α-hetero) is 1. The standard InChI is InChI=1S/C25H26N4O2S/c1-18-25(23(30)21-16-26-17-32-21,22(27-18)19-8-4-2-5-9-19)29-14-12-28(13-15-29)24(31)20-10-6-3-7-11-20/h2-11,16-18,22,27H,12-15H2,1H3. The second kappa shape index (κ2) is 8.58. The molecule has 3 unspecified atom stereocenters. The molecule has 32 heavy (non-hydrogen) atoms. The number of hydrogen-bond donors (Lipinski definition) is 1. The van der Waals surface area contributed by atoms with Crippen molar-refractivity contribution >= 4 is 23.0 Å². The van der Waals surface area contributed by atoms with Crippen molar-refractivity contribution in [1.82, 2.24) is 20.1 Å². The lowest BCUT2D eigenvalue weighted by molar-refractivity contribution is -0.0466. The largest absolute Gasteiger partial charge is 0.336 e. The third-order valence-electron chi connectivity index (χ3n) is 6.78. The number of nitrogens with zero attached hydrogens (tertiary/aromatic N) is 3. The number of nitrogens with one attached hydrogen (secondary N) is 1. The zero-order chi connectivity index (χ0) is 22.1. The lowest BCUT2D eigenvalue weighted by Gasteiger charge is -2.61. The van der Waals surface area contributed by atoms with E-state index in [9.17, 15) is 9.59 Å². The van der Waals surface area contributed by atoms with E-state index < -0.39 is 5.54 Å². The molecule has 0 radical (unpaired) electrons. The number of rotatable bonds is 5. The Balaban J connectivity index is 1.43. The summed E-state index contributed by atoms with van der Waals surface area (Å²) in [5.74, 6) is 0.162. The van der Waals surface area contributed by atoms with Crippen LogP contribution in [-0.2, 0) is 0 Å². The second-order valence-corrected chi connectivity index (χ2v) is 9.28. The van der Waals surface area contributed by atoms with Gasteiger partial charge >= 0.3 is 0 Å². The van der Waals surface area contributed by atoms with Gasteiger partial charge in [0.15, 0.2) is 5.78 Å². The summed E-state index contributed by atoms with van der Waals surface area (Å²) in [5.41, 5.74) is 2.82. The average molecular weight is 447 g/mol. The first-order valence-corrected chi connectivity index (χ1v) is 11.8. The van der Waals surface area contributed by atoms with Crippen LogP contribution in [0.3, 0.4) is 0 Å². The van der Waals surface area contributed by atoms with Gasteiger partial charge in [-0.2, -0.15) is 0 Å². The van der Waals surface area contributed by atoms with E-state index in [0.717, 1.165) is 5.56 Å². The summed E-state index contributed by atoms with van der Waals surface area (Å²) in [6, 6.07) is 19.4. The van der Waals surface area contributed by atoms with E-state index in [1.807, 2.05) is 53.4 Å². The minimum atomic E-state index is -0.699. The molecule has 2 saturated heterocycles. The third-order valence-corrected chi connectivity index (χ3v) is 7.55. The van der Waals surface area contributed by atoms with Gasteiger partial charge < -0.3 is 10.2 Å². The Morgan fingerprint density at radius 1 is 1.00 bits per heavy atom. The highest BCUT2D eigenvalue weighted by Crippen LogP contribution is 2.46. The first-order chi connectivity index (χ1) is 15.6. The van der Waals surface area contributed by atoms with E-state index >= 15 is 0 Å². The predicted octanol–water partition coefficient (Wildman–Crippen LogP) is 3.26. The van der Waals surface area contributed by atoms with Gasteiger partial charge in [0.1, 0.15) is 5.54 Å². The maximum absolute atomic E-state index is 13.9. The van der Waals surface area contributed by atoms with Gasteiger partial charge in [0, 0.05) is 44.0 Å². The van der Waals surface area contributed by atoms with Crippen molar-refractivity contribution in [2.75, 3.05) is 26.2 Å². The topological polar surface area (TPSA) is 65.5 Å². The molecule has 5 rings (SSSR count). The molecule has 0 saturated carbocycles. The zero-order valence-electron chi connectivity index (χ0n) is 18.0. The Labute approximate surface area is 191 Å². The summed E-state index contributed by atoms with van der Waals surface area (Å²) in [7, 11) is 0. The predicted molar refractivity (Wildman–Crippen MR) is 125 cm³/mol.